The third-order valence-corrected chi connectivity index (χ3v) is 3.74. The second-order valence-electron chi connectivity index (χ2n) is 4.74. The molecule has 0 unspecified atom stereocenters. The van der Waals surface area contributed by atoms with Crippen molar-refractivity contribution in [3.8, 4) is 5.75 Å². The maximum absolute atomic E-state index is 5.90. The summed E-state index contributed by atoms with van der Waals surface area (Å²) >= 11 is 1.51. The highest BCUT2D eigenvalue weighted by molar-refractivity contribution is 7.15. The zero-order chi connectivity index (χ0) is 13.8. The number of nitrogens with one attached hydrogen (secondary N) is 1. The Morgan fingerprint density at radius 1 is 1.32 bits per heavy atom. The maximum atomic E-state index is 5.90. The van der Waals surface area contributed by atoms with Crippen LogP contribution in [-0.2, 0) is 6.61 Å². The Kier molecular flexibility index (Phi) is 4.37. The Morgan fingerprint density at radius 2 is 2.11 bits per heavy atom. The molecule has 0 spiro atoms. The Balaban J connectivity index is 2.12. The molecule has 0 saturated carbocycles. The van der Waals surface area contributed by atoms with Crippen LogP contribution in [0.15, 0.2) is 18.2 Å². The lowest BCUT2D eigenvalue weighted by molar-refractivity contribution is 0.300. The standard InChI is InChI=1S/C14H19N3OS/c1-9(2)11-6-5-10(3)7-12(11)18-8-13-16-17-14(15-4)19-13/h5-7,9H,8H2,1-4H3,(H,15,17). The van der Waals surface area contributed by atoms with Crippen LogP contribution in [0.4, 0.5) is 5.13 Å². The average molecular weight is 277 g/mol. The molecule has 19 heavy (non-hydrogen) atoms. The van der Waals surface area contributed by atoms with Crippen LogP contribution in [0.25, 0.3) is 0 Å². The highest BCUT2D eigenvalue weighted by Gasteiger charge is 2.10. The van der Waals surface area contributed by atoms with Crippen LogP contribution >= 0.6 is 11.3 Å². The van der Waals surface area contributed by atoms with Crippen LogP contribution in [-0.4, -0.2) is 17.2 Å². The van der Waals surface area contributed by atoms with Gasteiger partial charge in [-0.1, -0.05) is 37.3 Å². The average Bonchev–Trinajstić information content (AvgIpc) is 2.84. The molecule has 2 aromatic rings. The first-order valence-corrected chi connectivity index (χ1v) is 7.15. The number of anilines is 1. The summed E-state index contributed by atoms with van der Waals surface area (Å²) in [6.07, 6.45) is 0. The molecule has 0 radical (unpaired) electrons. The molecule has 0 aliphatic carbocycles. The summed E-state index contributed by atoms with van der Waals surface area (Å²) in [5.41, 5.74) is 2.43. The SMILES string of the molecule is CNc1nnc(COc2cc(C)ccc2C(C)C)s1. The second kappa shape index (κ2) is 6.02. The van der Waals surface area contributed by atoms with Gasteiger partial charge < -0.3 is 10.1 Å². The van der Waals surface area contributed by atoms with E-state index in [9.17, 15) is 0 Å². The largest absolute Gasteiger partial charge is 0.486 e. The molecule has 5 heteroatoms. The molecule has 0 atom stereocenters. The molecule has 1 aromatic carbocycles. The molecule has 0 bridgehead atoms. The molecule has 0 fully saturated rings. The summed E-state index contributed by atoms with van der Waals surface area (Å²) in [4.78, 5) is 0. The quantitative estimate of drug-likeness (QED) is 0.907. The van der Waals surface area contributed by atoms with E-state index in [1.807, 2.05) is 7.05 Å². The van der Waals surface area contributed by atoms with E-state index < -0.39 is 0 Å². The predicted molar refractivity (Wildman–Crippen MR) is 79.1 cm³/mol. The van der Waals surface area contributed by atoms with E-state index in [-0.39, 0.29) is 0 Å². The number of ether oxygens (including phenoxy) is 1. The first-order valence-electron chi connectivity index (χ1n) is 6.33. The topological polar surface area (TPSA) is 47.0 Å². The van der Waals surface area contributed by atoms with Crippen molar-refractivity contribution in [1.82, 2.24) is 10.2 Å². The van der Waals surface area contributed by atoms with Crippen molar-refractivity contribution in [3.05, 3.63) is 34.3 Å². The van der Waals surface area contributed by atoms with Crippen molar-refractivity contribution < 1.29 is 4.74 Å². The summed E-state index contributed by atoms with van der Waals surface area (Å²) in [6.45, 7) is 6.87. The smallest absolute Gasteiger partial charge is 0.205 e. The maximum Gasteiger partial charge on any atom is 0.205 e. The number of hydrogen-bond acceptors (Lipinski definition) is 5. The Labute approximate surface area is 117 Å². The highest BCUT2D eigenvalue weighted by atomic mass is 32.1. The van der Waals surface area contributed by atoms with Crippen molar-refractivity contribution in [1.29, 1.82) is 0 Å². The summed E-state index contributed by atoms with van der Waals surface area (Å²) in [6, 6.07) is 6.33. The van der Waals surface area contributed by atoms with E-state index >= 15 is 0 Å². The summed E-state index contributed by atoms with van der Waals surface area (Å²) in [5, 5.41) is 12.7. The van der Waals surface area contributed by atoms with Gasteiger partial charge in [0, 0.05) is 7.05 Å². The minimum absolute atomic E-state index is 0.442. The minimum Gasteiger partial charge on any atom is -0.486 e. The summed E-state index contributed by atoms with van der Waals surface area (Å²) < 4.78 is 5.90. The molecule has 0 saturated heterocycles. The van der Waals surface area contributed by atoms with Crippen LogP contribution in [0.1, 0.15) is 35.9 Å². The van der Waals surface area contributed by atoms with Gasteiger partial charge in [0.05, 0.1) is 0 Å². The molecule has 0 aliphatic rings. The Bertz CT molecular complexity index is 551. The normalized spacial score (nSPS) is 10.8. The van der Waals surface area contributed by atoms with Gasteiger partial charge in [-0.25, -0.2) is 0 Å². The molecule has 0 amide bonds. The number of rotatable bonds is 5. The van der Waals surface area contributed by atoms with E-state index in [4.69, 9.17) is 4.74 Å². The lowest BCUT2D eigenvalue weighted by atomic mass is 10.0. The molecular formula is C14H19N3OS. The Morgan fingerprint density at radius 3 is 2.74 bits per heavy atom. The van der Waals surface area contributed by atoms with Crippen LogP contribution in [0, 0.1) is 6.92 Å². The molecule has 1 aromatic heterocycles. The monoisotopic (exact) mass is 277 g/mol. The highest BCUT2D eigenvalue weighted by Crippen LogP contribution is 2.28. The molecule has 1 heterocycles. The number of aryl methyl sites for hydroxylation is 1. The van der Waals surface area contributed by atoms with E-state index in [1.165, 1.54) is 22.5 Å². The minimum atomic E-state index is 0.442. The van der Waals surface area contributed by atoms with Gasteiger partial charge in [0.1, 0.15) is 12.4 Å². The lowest BCUT2D eigenvalue weighted by Gasteiger charge is -2.13. The van der Waals surface area contributed by atoms with Crippen LogP contribution < -0.4 is 10.1 Å². The van der Waals surface area contributed by atoms with Gasteiger partial charge in [-0.2, -0.15) is 0 Å². The number of hydrogen-bond donors (Lipinski definition) is 1. The third kappa shape index (κ3) is 3.44. The first kappa shape index (κ1) is 13.8. The predicted octanol–water partition coefficient (Wildman–Crippen LogP) is 3.59. The fourth-order valence-corrected chi connectivity index (χ4v) is 2.40. The van der Waals surface area contributed by atoms with Crippen molar-refractivity contribution in [2.45, 2.75) is 33.3 Å². The fraction of sp³-hybridized carbons (Fsp3) is 0.429. The van der Waals surface area contributed by atoms with Crippen molar-refractivity contribution in [2.24, 2.45) is 0 Å². The van der Waals surface area contributed by atoms with Gasteiger partial charge in [-0.3, -0.25) is 0 Å². The van der Waals surface area contributed by atoms with Crippen LogP contribution in [0.5, 0.6) is 5.75 Å². The van der Waals surface area contributed by atoms with Gasteiger partial charge in [0.15, 0.2) is 5.01 Å². The molecule has 102 valence electrons. The molecule has 1 N–H and O–H groups in total. The van der Waals surface area contributed by atoms with Crippen LogP contribution in [0.3, 0.4) is 0 Å². The van der Waals surface area contributed by atoms with E-state index in [0.717, 1.165) is 15.9 Å². The zero-order valence-electron chi connectivity index (χ0n) is 11.7. The first-order chi connectivity index (χ1) is 9.10. The van der Waals surface area contributed by atoms with Crippen molar-refractivity contribution >= 4 is 16.5 Å². The number of aromatic nitrogens is 2. The molecule has 2 rings (SSSR count). The lowest BCUT2D eigenvalue weighted by Crippen LogP contribution is -2.00. The van der Waals surface area contributed by atoms with Crippen molar-refractivity contribution in [3.63, 3.8) is 0 Å². The molecular weight excluding hydrogens is 258 g/mol. The zero-order valence-corrected chi connectivity index (χ0v) is 12.5. The molecule has 0 aliphatic heterocycles. The fourth-order valence-electron chi connectivity index (χ4n) is 1.80. The number of benzene rings is 1. The van der Waals surface area contributed by atoms with Gasteiger partial charge in [-0.05, 0) is 30.0 Å². The summed E-state index contributed by atoms with van der Waals surface area (Å²) in [7, 11) is 1.84. The number of nitrogens with zero attached hydrogens (tertiary/aromatic N) is 2. The van der Waals surface area contributed by atoms with Gasteiger partial charge in [0.25, 0.3) is 0 Å². The second-order valence-corrected chi connectivity index (χ2v) is 5.80. The third-order valence-electron chi connectivity index (χ3n) is 2.82. The molecule has 4 nitrogen and oxygen atoms in total. The van der Waals surface area contributed by atoms with E-state index in [2.05, 4.69) is 54.5 Å². The van der Waals surface area contributed by atoms with E-state index in [0.29, 0.717) is 12.5 Å². The van der Waals surface area contributed by atoms with Gasteiger partial charge in [-0.15, -0.1) is 10.2 Å². The van der Waals surface area contributed by atoms with E-state index in [1.54, 1.807) is 0 Å². The van der Waals surface area contributed by atoms with Crippen LogP contribution in [0.2, 0.25) is 0 Å². The van der Waals surface area contributed by atoms with Gasteiger partial charge >= 0.3 is 0 Å². The Hall–Kier alpha value is -1.62. The summed E-state index contributed by atoms with van der Waals surface area (Å²) in [5.74, 6) is 1.38. The van der Waals surface area contributed by atoms with Gasteiger partial charge in [0.2, 0.25) is 5.13 Å². The van der Waals surface area contributed by atoms with Crippen molar-refractivity contribution in [2.75, 3.05) is 12.4 Å².